The standard InChI is InChI=1S/C17H21N3O3/c21-15-9-2-1-5-10-19(15)11-6-12-20-16(22)13-7-3-4-8-14(13)18-17(20)23/h3-4,7-8H,1-2,5-6,9-12H2,(H,18,23). The number of rotatable bonds is 4. The fourth-order valence-corrected chi connectivity index (χ4v) is 3.10. The lowest BCUT2D eigenvalue weighted by molar-refractivity contribution is -0.130. The molecule has 1 aliphatic rings. The second-order valence-corrected chi connectivity index (χ2v) is 5.98. The number of H-pyrrole nitrogens is 1. The van der Waals surface area contributed by atoms with Gasteiger partial charge in [-0.1, -0.05) is 18.6 Å². The third-order valence-corrected chi connectivity index (χ3v) is 4.37. The molecule has 6 heteroatoms. The minimum absolute atomic E-state index is 0.183. The van der Waals surface area contributed by atoms with Crippen molar-refractivity contribution in [2.75, 3.05) is 13.1 Å². The van der Waals surface area contributed by atoms with Gasteiger partial charge in [-0.3, -0.25) is 14.2 Å². The summed E-state index contributed by atoms with van der Waals surface area (Å²) in [5, 5.41) is 0.512. The van der Waals surface area contributed by atoms with Gasteiger partial charge in [0.05, 0.1) is 10.9 Å². The lowest BCUT2D eigenvalue weighted by atomic mass is 10.2. The lowest BCUT2D eigenvalue weighted by Crippen LogP contribution is -2.37. The molecule has 2 aromatic rings. The van der Waals surface area contributed by atoms with Crippen LogP contribution >= 0.6 is 0 Å². The van der Waals surface area contributed by atoms with E-state index < -0.39 is 5.69 Å². The number of hydrogen-bond donors (Lipinski definition) is 1. The van der Waals surface area contributed by atoms with Gasteiger partial charge in [0.25, 0.3) is 5.56 Å². The van der Waals surface area contributed by atoms with E-state index in [9.17, 15) is 14.4 Å². The largest absolute Gasteiger partial charge is 0.343 e. The number of hydrogen-bond acceptors (Lipinski definition) is 3. The van der Waals surface area contributed by atoms with E-state index in [1.165, 1.54) is 4.57 Å². The van der Waals surface area contributed by atoms with Gasteiger partial charge in [-0.25, -0.2) is 4.79 Å². The SMILES string of the molecule is O=C1CCCCCN1CCCn1c(=O)[nH]c2ccccc2c1=O. The molecule has 3 rings (SSSR count). The van der Waals surface area contributed by atoms with Crippen molar-refractivity contribution in [3.8, 4) is 0 Å². The number of likely N-dealkylation sites (tertiary alicyclic amines) is 1. The minimum atomic E-state index is -0.393. The summed E-state index contributed by atoms with van der Waals surface area (Å²) in [6.07, 6.45) is 4.29. The molecule has 6 nitrogen and oxygen atoms in total. The molecule has 1 amide bonds. The first-order valence-electron chi connectivity index (χ1n) is 8.16. The summed E-state index contributed by atoms with van der Waals surface area (Å²) in [6.45, 7) is 1.70. The first-order chi connectivity index (χ1) is 11.2. The number of nitrogens with one attached hydrogen (secondary N) is 1. The number of benzene rings is 1. The summed E-state index contributed by atoms with van der Waals surface area (Å²) >= 11 is 0. The number of fused-ring (bicyclic) bond motifs is 1. The maximum absolute atomic E-state index is 12.4. The molecule has 0 radical (unpaired) electrons. The van der Waals surface area contributed by atoms with Crippen LogP contribution in [0, 0.1) is 0 Å². The van der Waals surface area contributed by atoms with Gasteiger partial charge in [0, 0.05) is 26.1 Å². The molecule has 0 bridgehead atoms. The first-order valence-corrected chi connectivity index (χ1v) is 8.16. The summed E-state index contributed by atoms with van der Waals surface area (Å²) < 4.78 is 1.23. The molecule has 1 aliphatic heterocycles. The van der Waals surface area contributed by atoms with Crippen LogP contribution in [0.2, 0.25) is 0 Å². The molecule has 2 heterocycles. The molecule has 1 saturated heterocycles. The van der Waals surface area contributed by atoms with Crippen LogP contribution in [0.4, 0.5) is 0 Å². The van der Waals surface area contributed by atoms with E-state index in [2.05, 4.69) is 4.98 Å². The van der Waals surface area contributed by atoms with E-state index >= 15 is 0 Å². The van der Waals surface area contributed by atoms with Crippen molar-refractivity contribution in [2.45, 2.75) is 38.6 Å². The Kier molecular flexibility index (Phi) is 4.60. The zero-order valence-corrected chi connectivity index (χ0v) is 13.1. The highest BCUT2D eigenvalue weighted by molar-refractivity contribution is 5.77. The van der Waals surface area contributed by atoms with Crippen molar-refractivity contribution in [1.82, 2.24) is 14.5 Å². The molecule has 1 aromatic carbocycles. The minimum Gasteiger partial charge on any atom is -0.343 e. The van der Waals surface area contributed by atoms with E-state index in [1.54, 1.807) is 24.3 Å². The normalized spacial score (nSPS) is 15.8. The monoisotopic (exact) mass is 315 g/mol. The van der Waals surface area contributed by atoms with E-state index in [4.69, 9.17) is 0 Å². The van der Waals surface area contributed by atoms with Gasteiger partial charge in [0.1, 0.15) is 0 Å². The number of carbonyl (C=O) groups is 1. The molecule has 23 heavy (non-hydrogen) atoms. The fourth-order valence-electron chi connectivity index (χ4n) is 3.10. The van der Waals surface area contributed by atoms with Crippen LogP contribution in [0.25, 0.3) is 10.9 Å². The maximum Gasteiger partial charge on any atom is 0.328 e. The van der Waals surface area contributed by atoms with E-state index in [1.807, 2.05) is 4.90 Å². The Morgan fingerprint density at radius 2 is 1.83 bits per heavy atom. The summed E-state index contributed by atoms with van der Waals surface area (Å²) in [5.74, 6) is 0.183. The fraction of sp³-hybridized carbons (Fsp3) is 0.471. The summed E-state index contributed by atoms with van der Waals surface area (Å²) in [7, 11) is 0. The molecule has 0 spiro atoms. The first kappa shape index (κ1) is 15.5. The van der Waals surface area contributed by atoms with Crippen LogP contribution in [-0.4, -0.2) is 33.4 Å². The third kappa shape index (κ3) is 3.36. The van der Waals surface area contributed by atoms with Gasteiger partial charge < -0.3 is 9.88 Å². The average molecular weight is 315 g/mol. The Bertz CT molecular complexity index is 822. The molecule has 0 atom stereocenters. The highest BCUT2D eigenvalue weighted by atomic mass is 16.2. The Hall–Kier alpha value is -2.37. The van der Waals surface area contributed by atoms with Crippen molar-refractivity contribution in [1.29, 1.82) is 0 Å². The van der Waals surface area contributed by atoms with Gasteiger partial charge in [-0.15, -0.1) is 0 Å². The number of aromatic amines is 1. The lowest BCUT2D eigenvalue weighted by Gasteiger charge is -2.20. The van der Waals surface area contributed by atoms with Gasteiger partial charge in [0.15, 0.2) is 0 Å². The van der Waals surface area contributed by atoms with Crippen molar-refractivity contribution in [2.24, 2.45) is 0 Å². The molecule has 1 aromatic heterocycles. The van der Waals surface area contributed by atoms with Gasteiger partial charge >= 0.3 is 5.69 Å². The molecule has 0 aliphatic carbocycles. The molecule has 1 N–H and O–H groups in total. The molecule has 0 saturated carbocycles. The zero-order chi connectivity index (χ0) is 16.2. The topological polar surface area (TPSA) is 75.2 Å². The van der Waals surface area contributed by atoms with Gasteiger partial charge in [-0.2, -0.15) is 0 Å². The molecular weight excluding hydrogens is 294 g/mol. The van der Waals surface area contributed by atoms with Gasteiger partial charge in [-0.05, 0) is 31.4 Å². The number of nitrogens with zero attached hydrogens (tertiary/aromatic N) is 2. The second kappa shape index (κ2) is 6.81. The number of amides is 1. The van der Waals surface area contributed by atoms with E-state index in [0.29, 0.717) is 36.8 Å². The maximum atomic E-state index is 12.4. The molecule has 122 valence electrons. The van der Waals surface area contributed by atoms with Crippen LogP contribution in [0.5, 0.6) is 0 Å². The van der Waals surface area contributed by atoms with Crippen molar-refractivity contribution in [3.05, 3.63) is 45.1 Å². The molecular formula is C17H21N3O3. The second-order valence-electron chi connectivity index (χ2n) is 5.98. The van der Waals surface area contributed by atoms with Crippen LogP contribution in [0.1, 0.15) is 32.1 Å². The quantitative estimate of drug-likeness (QED) is 0.928. The predicted octanol–water partition coefficient (Wildman–Crippen LogP) is 1.48. The molecule has 0 unspecified atom stereocenters. The van der Waals surface area contributed by atoms with Gasteiger partial charge in [0.2, 0.25) is 5.91 Å². The Morgan fingerprint density at radius 1 is 1.00 bits per heavy atom. The van der Waals surface area contributed by atoms with E-state index in [0.717, 1.165) is 25.8 Å². The number of carbonyl (C=O) groups excluding carboxylic acids is 1. The summed E-state index contributed by atoms with van der Waals surface area (Å²) in [6, 6.07) is 7.00. The zero-order valence-electron chi connectivity index (χ0n) is 13.1. The van der Waals surface area contributed by atoms with Crippen LogP contribution in [0.15, 0.2) is 33.9 Å². The Labute approximate surface area is 133 Å². The Balaban J connectivity index is 1.73. The smallest absolute Gasteiger partial charge is 0.328 e. The summed E-state index contributed by atoms with van der Waals surface area (Å²) in [4.78, 5) is 41.0. The number of aromatic nitrogens is 2. The average Bonchev–Trinajstić information content (AvgIpc) is 2.75. The van der Waals surface area contributed by atoms with E-state index in [-0.39, 0.29) is 11.5 Å². The highest BCUT2D eigenvalue weighted by Crippen LogP contribution is 2.11. The van der Waals surface area contributed by atoms with Crippen molar-refractivity contribution in [3.63, 3.8) is 0 Å². The van der Waals surface area contributed by atoms with Crippen LogP contribution in [0.3, 0.4) is 0 Å². The van der Waals surface area contributed by atoms with Crippen LogP contribution < -0.4 is 11.2 Å². The molecule has 1 fully saturated rings. The Morgan fingerprint density at radius 3 is 2.70 bits per heavy atom. The third-order valence-electron chi connectivity index (χ3n) is 4.37. The highest BCUT2D eigenvalue weighted by Gasteiger charge is 2.16. The van der Waals surface area contributed by atoms with Crippen molar-refractivity contribution < 1.29 is 4.79 Å². The predicted molar refractivity (Wildman–Crippen MR) is 88.5 cm³/mol. The number of para-hydroxylation sites is 1. The van der Waals surface area contributed by atoms with Crippen LogP contribution in [-0.2, 0) is 11.3 Å². The summed E-state index contributed by atoms with van der Waals surface area (Å²) in [5.41, 5.74) is -0.108. The van der Waals surface area contributed by atoms with Crippen molar-refractivity contribution >= 4 is 16.8 Å².